The Labute approximate surface area is 108 Å². The maximum absolute atomic E-state index is 11.9. The van der Waals surface area contributed by atoms with Crippen LogP contribution in [0.15, 0.2) is 18.2 Å². The molecule has 98 valence electrons. The number of nitrogens with one attached hydrogen (secondary N) is 1. The number of carboxylic acids is 1. The van der Waals surface area contributed by atoms with Crippen LogP contribution >= 0.6 is 0 Å². The quantitative estimate of drug-likeness (QED) is 0.821. The third-order valence-corrected chi connectivity index (χ3v) is 3.74. The summed E-state index contributed by atoms with van der Waals surface area (Å²) < 4.78 is 0. The predicted octanol–water partition coefficient (Wildman–Crippen LogP) is 2.30. The van der Waals surface area contributed by atoms with Crippen LogP contribution in [0.25, 0.3) is 0 Å². The van der Waals surface area contributed by atoms with Crippen LogP contribution in [-0.4, -0.2) is 31.2 Å². The number of carboxylic acid groups (broad SMARTS) is 1. The third kappa shape index (κ3) is 3.99. The number of carbonyl (C=O) groups is 2. The van der Waals surface area contributed by atoms with Gasteiger partial charge in [-0.3, -0.25) is 4.79 Å². The van der Waals surface area contributed by atoms with Crippen molar-refractivity contribution in [2.45, 2.75) is 26.6 Å². The molecule has 0 saturated heterocycles. The minimum Gasteiger partial charge on any atom is -0.478 e. The molecule has 0 spiro atoms. The van der Waals surface area contributed by atoms with Crippen molar-refractivity contribution in [1.29, 1.82) is 0 Å². The lowest BCUT2D eigenvalue weighted by Crippen LogP contribution is -2.39. The molecule has 0 saturated carbocycles. The Balaban J connectivity index is 2.82. The van der Waals surface area contributed by atoms with E-state index < -0.39 is 14.0 Å². The van der Waals surface area contributed by atoms with E-state index in [1.54, 1.807) is 19.1 Å². The number of benzene rings is 1. The lowest BCUT2D eigenvalue weighted by molar-refractivity contribution is 0.0695. The van der Waals surface area contributed by atoms with Gasteiger partial charge in [-0.15, -0.1) is 0 Å². The Kier molecular flexibility index (Phi) is 4.29. The molecule has 0 aliphatic carbocycles. The molecule has 0 bridgehead atoms. The molecule has 1 aromatic carbocycles. The summed E-state index contributed by atoms with van der Waals surface area (Å²) in [6.45, 7) is 8.21. The Morgan fingerprint density at radius 3 is 2.33 bits per heavy atom. The number of rotatable bonds is 4. The summed E-state index contributed by atoms with van der Waals surface area (Å²) in [6.07, 6.45) is 0.714. The zero-order chi connectivity index (χ0) is 13.9. The fourth-order valence-corrected chi connectivity index (χ4v) is 2.18. The smallest absolute Gasteiger partial charge is 0.335 e. The molecule has 0 aliphatic rings. The van der Waals surface area contributed by atoms with Gasteiger partial charge in [0.2, 0.25) is 0 Å². The van der Waals surface area contributed by atoms with Crippen LogP contribution in [0, 0.1) is 6.92 Å². The Hall–Kier alpha value is -1.62. The molecule has 1 amide bonds. The second-order valence-electron chi connectivity index (χ2n) is 5.58. The summed E-state index contributed by atoms with van der Waals surface area (Å²) >= 11 is 0. The van der Waals surface area contributed by atoms with E-state index in [9.17, 15) is 9.59 Å². The van der Waals surface area contributed by atoms with Gasteiger partial charge in [-0.25, -0.2) is 4.79 Å². The van der Waals surface area contributed by atoms with E-state index in [4.69, 9.17) is 5.11 Å². The van der Waals surface area contributed by atoms with Crippen molar-refractivity contribution < 1.29 is 14.7 Å². The highest BCUT2D eigenvalue weighted by Crippen LogP contribution is 2.11. The summed E-state index contributed by atoms with van der Waals surface area (Å²) in [5.74, 6) is -1.11. The highest BCUT2D eigenvalue weighted by atomic mass is 28.3. The second kappa shape index (κ2) is 5.35. The Morgan fingerprint density at radius 1 is 1.28 bits per heavy atom. The van der Waals surface area contributed by atoms with Gasteiger partial charge < -0.3 is 10.4 Å². The summed E-state index contributed by atoms with van der Waals surface area (Å²) in [5.41, 5.74) is 1.34. The molecule has 18 heavy (non-hydrogen) atoms. The molecule has 0 heterocycles. The molecule has 0 aliphatic heterocycles. The summed E-state index contributed by atoms with van der Waals surface area (Å²) in [4.78, 5) is 22.8. The first-order chi connectivity index (χ1) is 8.20. The predicted molar refractivity (Wildman–Crippen MR) is 73.8 cm³/mol. The molecule has 4 nitrogen and oxygen atoms in total. The fraction of sp³-hybridized carbons (Fsp3) is 0.385. The fourth-order valence-electron chi connectivity index (χ4n) is 1.49. The largest absolute Gasteiger partial charge is 0.478 e. The van der Waals surface area contributed by atoms with Crippen LogP contribution in [0.4, 0.5) is 0 Å². The van der Waals surface area contributed by atoms with Crippen LogP contribution in [0.3, 0.4) is 0 Å². The molecule has 0 fully saturated rings. The molecule has 1 rings (SSSR count). The molecule has 5 heteroatoms. The van der Waals surface area contributed by atoms with E-state index in [2.05, 4.69) is 25.0 Å². The lowest BCUT2D eigenvalue weighted by Gasteiger charge is -2.16. The standard InChI is InChI=1S/C13H19NO3Si/c1-9-7-10(5-6-11(9)13(16)17)12(15)14-8-18(2,3)4/h5-7H,8H2,1-4H3,(H,14,15)(H,16,17). The van der Waals surface area contributed by atoms with Gasteiger partial charge >= 0.3 is 5.97 Å². The van der Waals surface area contributed by atoms with Gasteiger partial charge in [0.15, 0.2) is 0 Å². The van der Waals surface area contributed by atoms with E-state index in [0.717, 1.165) is 0 Å². The first kappa shape index (κ1) is 14.4. The highest BCUT2D eigenvalue weighted by Gasteiger charge is 2.16. The molecular formula is C13H19NO3Si. The number of aryl methyl sites for hydroxylation is 1. The number of carbonyl (C=O) groups excluding carboxylic acids is 1. The summed E-state index contributed by atoms with van der Waals surface area (Å²) in [7, 11) is -1.32. The second-order valence-corrected chi connectivity index (χ2v) is 11.1. The molecule has 0 aromatic heterocycles. The van der Waals surface area contributed by atoms with E-state index in [-0.39, 0.29) is 11.5 Å². The minimum absolute atomic E-state index is 0.141. The topological polar surface area (TPSA) is 66.4 Å². The molecule has 1 aromatic rings. The maximum Gasteiger partial charge on any atom is 0.335 e. The molecule has 0 unspecified atom stereocenters. The van der Waals surface area contributed by atoms with Crippen molar-refractivity contribution in [3.05, 3.63) is 34.9 Å². The molecule has 2 N–H and O–H groups in total. The van der Waals surface area contributed by atoms with Gasteiger partial charge in [0.1, 0.15) is 0 Å². The van der Waals surface area contributed by atoms with Crippen molar-refractivity contribution in [3.63, 3.8) is 0 Å². The van der Waals surface area contributed by atoms with Crippen LogP contribution in [0.2, 0.25) is 19.6 Å². The van der Waals surface area contributed by atoms with Crippen molar-refractivity contribution in [3.8, 4) is 0 Å². The number of hydrogen-bond acceptors (Lipinski definition) is 2. The maximum atomic E-state index is 11.9. The van der Waals surface area contributed by atoms with Crippen molar-refractivity contribution in [2.24, 2.45) is 0 Å². The minimum atomic E-state index is -1.32. The monoisotopic (exact) mass is 265 g/mol. The van der Waals surface area contributed by atoms with Gasteiger partial charge in [0.05, 0.1) is 13.6 Å². The zero-order valence-electron chi connectivity index (χ0n) is 11.2. The van der Waals surface area contributed by atoms with Crippen LogP contribution < -0.4 is 5.32 Å². The third-order valence-electron chi connectivity index (χ3n) is 2.50. The van der Waals surface area contributed by atoms with Crippen molar-refractivity contribution >= 4 is 20.0 Å². The number of hydrogen-bond donors (Lipinski definition) is 2. The van der Waals surface area contributed by atoms with Gasteiger partial charge in [-0.2, -0.15) is 0 Å². The molecule has 0 radical (unpaired) electrons. The van der Waals surface area contributed by atoms with Crippen LogP contribution in [-0.2, 0) is 0 Å². The average Bonchev–Trinajstić information content (AvgIpc) is 2.24. The normalized spacial score (nSPS) is 11.1. The van der Waals surface area contributed by atoms with E-state index >= 15 is 0 Å². The van der Waals surface area contributed by atoms with E-state index in [1.165, 1.54) is 6.07 Å². The van der Waals surface area contributed by atoms with Crippen LogP contribution in [0.5, 0.6) is 0 Å². The average molecular weight is 265 g/mol. The van der Waals surface area contributed by atoms with Gasteiger partial charge in [0.25, 0.3) is 5.91 Å². The number of amides is 1. The van der Waals surface area contributed by atoms with Gasteiger partial charge in [-0.05, 0) is 30.7 Å². The highest BCUT2D eigenvalue weighted by molar-refractivity contribution is 6.76. The molecular weight excluding hydrogens is 246 g/mol. The van der Waals surface area contributed by atoms with Crippen molar-refractivity contribution in [1.82, 2.24) is 5.32 Å². The zero-order valence-corrected chi connectivity index (χ0v) is 12.2. The Bertz CT molecular complexity index is 478. The molecule has 0 atom stereocenters. The van der Waals surface area contributed by atoms with Crippen LogP contribution in [0.1, 0.15) is 26.3 Å². The van der Waals surface area contributed by atoms with Crippen molar-refractivity contribution in [2.75, 3.05) is 6.17 Å². The van der Waals surface area contributed by atoms with Gasteiger partial charge in [-0.1, -0.05) is 19.6 Å². The summed E-state index contributed by atoms with van der Waals surface area (Å²) in [6, 6.07) is 4.64. The number of aromatic carboxylic acids is 1. The van der Waals surface area contributed by atoms with E-state index in [1.807, 2.05) is 0 Å². The first-order valence-electron chi connectivity index (χ1n) is 5.83. The SMILES string of the molecule is Cc1cc(C(=O)NC[Si](C)(C)C)ccc1C(=O)O. The van der Waals surface area contributed by atoms with E-state index in [0.29, 0.717) is 17.3 Å². The summed E-state index contributed by atoms with van der Waals surface area (Å²) in [5, 5.41) is 11.8. The van der Waals surface area contributed by atoms with Gasteiger partial charge in [0, 0.05) is 11.7 Å². The first-order valence-corrected chi connectivity index (χ1v) is 9.53. The Morgan fingerprint density at radius 2 is 1.89 bits per heavy atom. The lowest BCUT2D eigenvalue weighted by atomic mass is 10.0.